The topological polar surface area (TPSA) is 35.5 Å². The molecule has 1 saturated heterocycles. The highest BCUT2D eigenvalue weighted by Crippen LogP contribution is 2.41. The summed E-state index contributed by atoms with van der Waals surface area (Å²) in [5, 5.41) is 13.5. The summed E-state index contributed by atoms with van der Waals surface area (Å²) in [6.07, 6.45) is 3.41. The predicted octanol–water partition coefficient (Wildman–Crippen LogP) is 1.47. The molecule has 0 aromatic rings. The normalized spacial score (nSPS) is 36.5. The second-order valence-electron chi connectivity index (χ2n) is 6.72. The highest BCUT2D eigenvalue weighted by atomic mass is 16.3. The van der Waals surface area contributed by atoms with E-state index in [1.807, 2.05) is 0 Å². The Morgan fingerprint density at radius 2 is 1.88 bits per heavy atom. The van der Waals surface area contributed by atoms with Crippen molar-refractivity contribution < 1.29 is 5.11 Å². The molecule has 1 aliphatic carbocycles. The summed E-state index contributed by atoms with van der Waals surface area (Å²) in [5.74, 6) is 0.805. The van der Waals surface area contributed by atoms with Crippen molar-refractivity contribution in [2.45, 2.75) is 58.2 Å². The Kier molecular flexibility index (Phi) is 3.81. The Morgan fingerprint density at radius 3 is 2.35 bits per heavy atom. The molecule has 3 nitrogen and oxygen atoms in total. The van der Waals surface area contributed by atoms with Crippen molar-refractivity contribution in [1.82, 2.24) is 10.2 Å². The highest BCUT2D eigenvalue weighted by molar-refractivity contribution is 5.02. The third-order valence-corrected chi connectivity index (χ3v) is 5.15. The molecule has 1 saturated carbocycles. The average molecular weight is 240 g/mol. The van der Waals surface area contributed by atoms with Crippen LogP contribution in [-0.4, -0.2) is 48.3 Å². The largest absolute Gasteiger partial charge is 0.392 e. The molecule has 1 aliphatic heterocycles. The molecule has 3 unspecified atom stereocenters. The van der Waals surface area contributed by atoms with E-state index >= 15 is 0 Å². The number of nitrogens with zero attached hydrogens (tertiary/aromatic N) is 1. The van der Waals surface area contributed by atoms with Gasteiger partial charge in [0, 0.05) is 17.5 Å². The van der Waals surface area contributed by atoms with Gasteiger partial charge in [-0.1, -0.05) is 13.8 Å². The summed E-state index contributed by atoms with van der Waals surface area (Å²) in [5.41, 5.74) is 0.0553. The van der Waals surface area contributed by atoms with Crippen LogP contribution in [0.5, 0.6) is 0 Å². The first-order chi connectivity index (χ1) is 7.91. The minimum absolute atomic E-state index is 0.0553. The molecular formula is C14H28N2O. The van der Waals surface area contributed by atoms with Crippen LogP contribution in [0, 0.1) is 11.3 Å². The maximum absolute atomic E-state index is 9.76. The van der Waals surface area contributed by atoms with Crippen molar-refractivity contribution in [2.24, 2.45) is 11.3 Å². The molecule has 3 atom stereocenters. The summed E-state index contributed by atoms with van der Waals surface area (Å²) < 4.78 is 0. The summed E-state index contributed by atoms with van der Waals surface area (Å²) >= 11 is 0. The van der Waals surface area contributed by atoms with Gasteiger partial charge in [-0.15, -0.1) is 0 Å². The maximum atomic E-state index is 9.76. The fraction of sp³-hybridized carbons (Fsp3) is 1.00. The smallest absolute Gasteiger partial charge is 0.0621 e. The number of likely N-dealkylation sites (tertiary alicyclic amines) is 1. The van der Waals surface area contributed by atoms with Gasteiger partial charge >= 0.3 is 0 Å². The zero-order chi connectivity index (χ0) is 12.6. The van der Waals surface area contributed by atoms with Crippen LogP contribution in [0.15, 0.2) is 0 Å². The quantitative estimate of drug-likeness (QED) is 0.784. The molecule has 100 valence electrons. The Labute approximate surface area is 106 Å². The molecule has 2 aliphatic rings. The van der Waals surface area contributed by atoms with Gasteiger partial charge in [-0.3, -0.25) is 0 Å². The maximum Gasteiger partial charge on any atom is 0.0621 e. The van der Waals surface area contributed by atoms with E-state index in [4.69, 9.17) is 0 Å². The van der Waals surface area contributed by atoms with Crippen molar-refractivity contribution in [1.29, 1.82) is 0 Å². The standard InChI is InChI=1S/C14H28N2O/c1-10(11-5-7-16(4)8-6-11)15-12-9-13(17)14(12,2)3/h10-13,15,17H,5-9H2,1-4H3. The van der Waals surface area contributed by atoms with Crippen LogP contribution >= 0.6 is 0 Å². The summed E-state index contributed by atoms with van der Waals surface area (Å²) in [7, 11) is 2.21. The zero-order valence-electron chi connectivity index (χ0n) is 11.7. The van der Waals surface area contributed by atoms with Crippen molar-refractivity contribution in [2.75, 3.05) is 20.1 Å². The van der Waals surface area contributed by atoms with Crippen LogP contribution in [0.2, 0.25) is 0 Å². The van der Waals surface area contributed by atoms with Crippen LogP contribution in [0.4, 0.5) is 0 Å². The molecule has 2 N–H and O–H groups in total. The first-order valence-electron chi connectivity index (χ1n) is 7.04. The van der Waals surface area contributed by atoms with Gasteiger partial charge in [-0.05, 0) is 52.2 Å². The molecule has 2 fully saturated rings. The van der Waals surface area contributed by atoms with Crippen LogP contribution in [0.3, 0.4) is 0 Å². The minimum atomic E-state index is -0.121. The van der Waals surface area contributed by atoms with Crippen molar-refractivity contribution in [3.05, 3.63) is 0 Å². The average Bonchev–Trinajstić information content (AvgIpc) is 2.29. The number of rotatable bonds is 3. The third kappa shape index (κ3) is 2.67. The van der Waals surface area contributed by atoms with E-state index < -0.39 is 0 Å². The lowest BCUT2D eigenvalue weighted by Crippen LogP contribution is -2.62. The molecule has 1 heterocycles. The Bertz CT molecular complexity index is 259. The van der Waals surface area contributed by atoms with Gasteiger partial charge < -0.3 is 15.3 Å². The molecule has 0 spiro atoms. The van der Waals surface area contributed by atoms with Crippen molar-refractivity contribution in [3.63, 3.8) is 0 Å². The first kappa shape index (κ1) is 13.3. The Morgan fingerprint density at radius 1 is 1.29 bits per heavy atom. The van der Waals surface area contributed by atoms with E-state index in [9.17, 15) is 5.11 Å². The van der Waals surface area contributed by atoms with Gasteiger partial charge in [0.25, 0.3) is 0 Å². The van der Waals surface area contributed by atoms with E-state index in [-0.39, 0.29) is 11.5 Å². The highest BCUT2D eigenvalue weighted by Gasteiger charge is 2.47. The molecule has 17 heavy (non-hydrogen) atoms. The SMILES string of the molecule is CC(NC1CC(O)C1(C)C)C1CCN(C)CC1. The molecule has 3 heteroatoms. The van der Waals surface area contributed by atoms with Gasteiger partial charge in [-0.2, -0.15) is 0 Å². The van der Waals surface area contributed by atoms with E-state index in [2.05, 4.69) is 38.0 Å². The minimum Gasteiger partial charge on any atom is -0.392 e. The van der Waals surface area contributed by atoms with Crippen LogP contribution in [-0.2, 0) is 0 Å². The molecule has 0 radical (unpaired) electrons. The lowest BCUT2D eigenvalue weighted by atomic mass is 9.64. The van der Waals surface area contributed by atoms with E-state index in [1.54, 1.807) is 0 Å². The summed E-state index contributed by atoms with van der Waals surface area (Å²) in [6, 6.07) is 1.08. The lowest BCUT2D eigenvalue weighted by molar-refractivity contribution is -0.0779. The fourth-order valence-corrected chi connectivity index (χ4v) is 3.17. The number of hydrogen-bond acceptors (Lipinski definition) is 3. The van der Waals surface area contributed by atoms with E-state index in [0.717, 1.165) is 12.3 Å². The summed E-state index contributed by atoms with van der Waals surface area (Å²) in [6.45, 7) is 9.11. The number of piperidine rings is 1. The second kappa shape index (κ2) is 4.87. The van der Waals surface area contributed by atoms with Crippen LogP contribution in [0.1, 0.15) is 40.0 Å². The van der Waals surface area contributed by atoms with Crippen molar-refractivity contribution >= 4 is 0 Å². The number of nitrogens with one attached hydrogen (secondary N) is 1. The fourth-order valence-electron chi connectivity index (χ4n) is 3.17. The number of aliphatic hydroxyl groups excluding tert-OH is 1. The van der Waals surface area contributed by atoms with Crippen molar-refractivity contribution in [3.8, 4) is 0 Å². The third-order valence-electron chi connectivity index (χ3n) is 5.15. The van der Waals surface area contributed by atoms with Gasteiger partial charge in [0.2, 0.25) is 0 Å². The monoisotopic (exact) mass is 240 g/mol. The zero-order valence-corrected chi connectivity index (χ0v) is 11.7. The predicted molar refractivity (Wildman–Crippen MR) is 71.0 cm³/mol. The van der Waals surface area contributed by atoms with Gasteiger partial charge in [0.05, 0.1) is 6.10 Å². The lowest BCUT2D eigenvalue weighted by Gasteiger charge is -2.51. The molecule has 0 aromatic heterocycles. The van der Waals surface area contributed by atoms with Gasteiger partial charge in [0.1, 0.15) is 0 Å². The first-order valence-corrected chi connectivity index (χ1v) is 7.04. The Balaban J connectivity index is 1.80. The van der Waals surface area contributed by atoms with Crippen LogP contribution < -0.4 is 5.32 Å². The number of hydrogen-bond donors (Lipinski definition) is 2. The molecule has 0 bridgehead atoms. The summed E-state index contributed by atoms with van der Waals surface area (Å²) in [4.78, 5) is 2.42. The number of aliphatic hydroxyl groups is 1. The van der Waals surface area contributed by atoms with Gasteiger partial charge in [0.15, 0.2) is 0 Å². The molecule has 2 rings (SSSR count). The van der Waals surface area contributed by atoms with E-state index in [0.29, 0.717) is 12.1 Å². The molecular weight excluding hydrogens is 212 g/mol. The van der Waals surface area contributed by atoms with Crippen LogP contribution in [0.25, 0.3) is 0 Å². The molecule has 0 aromatic carbocycles. The second-order valence-corrected chi connectivity index (χ2v) is 6.72. The van der Waals surface area contributed by atoms with E-state index in [1.165, 1.54) is 25.9 Å². The Hall–Kier alpha value is -0.120. The van der Waals surface area contributed by atoms with Gasteiger partial charge in [-0.25, -0.2) is 0 Å². The molecule has 0 amide bonds.